The van der Waals surface area contributed by atoms with Crippen molar-refractivity contribution >= 4 is 61.6 Å². The smallest absolute Gasteiger partial charge is 0.407 e. The molecule has 0 atom stereocenters. The van der Waals surface area contributed by atoms with E-state index in [-0.39, 0.29) is 13.6 Å². The van der Waals surface area contributed by atoms with E-state index >= 15 is 0 Å². The monoisotopic (exact) mass is 1230 g/mol. The molecule has 0 aromatic heterocycles. The van der Waals surface area contributed by atoms with E-state index in [0.29, 0.717) is 0 Å². The molecule has 0 aromatic carbocycles. The number of hydrogen-bond acceptors (Lipinski definition) is 50. The zero-order valence-corrected chi connectivity index (χ0v) is 41.6. The van der Waals surface area contributed by atoms with Crippen LogP contribution < -0.4 is 0 Å². The fourth-order valence-electron chi connectivity index (χ4n) is 2.54. The Morgan fingerprint density at radius 3 is 0.293 bits per heavy atom. The standard InChI is InChI=1S/C32H46O50/c1-43-3-45-23(33)47-5-65-67-7-49-25(35)51-9-69-71-11-53-27(37)55-13-73-75-15-57-29(39)59-17-77-79-19-61-31(41)63-21-81-82-22-64-32(42)62-20-80-78-18-60-30(40)58-16-76-74-14-56-28(38)54-12-72-70-10-52-26(36)50-8-68-66-6-48-24(34)46-4-44-2/h3-22H2,1-2H3. The van der Waals surface area contributed by atoms with Crippen molar-refractivity contribution in [2.24, 2.45) is 0 Å². The molecule has 0 aliphatic heterocycles. The molecular weight excluding hydrogens is 1180 g/mol. The third-order valence-electron chi connectivity index (χ3n) is 5.39. The highest BCUT2D eigenvalue weighted by Crippen LogP contribution is 1.99. The van der Waals surface area contributed by atoms with E-state index < -0.39 is 184 Å². The quantitative estimate of drug-likeness (QED) is 0.0200. The van der Waals surface area contributed by atoms with Gasteiger partial charge in [-0.05, 0) is 0 Å². The van der Waals surface area contributed by atoms with Gasteiger partial charge in [-0.3, -0.25) is 0 Å². The van der Waals surface area contributed by atoms with E-state index in [4.69, 9.17) is 0 Å². The Balaban J connectivity index is 3.51. The van der Waals surface area contributed by atoms with Gasteiger partial charge in [-0.15, -0.1) is 0 Å². The first kappa shape index (κ1) is 73.9. The van der Waals surface area contributed by atoms with Crippen molar-refractivity contribution in [3.63, 3.8) is 0 Å². The lowest BCUT2D eigenvalue weighted by Crippen LogP contribution is -2.17. The van der Waals surface area contributed by atoms with Crippen LogP contribution in [-0.4, -0.2) is 212 Å². The lowest BCUT2D eigenvalue weighted by molar-refractivity contribution is -0.375. The second-order valence-corrected chi connectivity index (χ2v) is 10.4. The van der Waals surface area contributed by atoms with Crippen molar-refractivity contribution < 1.29 is 240 Å². The molecule has 0 amide bonds. The number of carbonyl (C=O) groups is 10. The van der Waals surface area contributed by atoms with E-state index in [1.807, 2.05) is 0 Å². The van der Waals surface area contributed by atoms with E-state index in [0.717, 1.165) is 0 Å². The molecule has 0 rings (SSSR count). The molecule has 0 fully saturated rings. The van der Waals surface area contributed by atoms with Crippen LogP contribution in [-0.2, 0) is 192 Å². The summed E-state index contributed by atoms with van der Waals surface area (Å²) in [7, 11) is 2.55. The van der Waals surface area contributed by atoms with Gasteiger partial charge in [0.2, 0.25) is 122 Å². The van der Waals surface area contributed by atoms with Gasteiger partial charge < -0.3 is 104 Å². The number of rotatable bonds is 49. The molecule has 0 heterocycles. The molecule has 82 heavy (non-hydrogen) atoms. The summed E-state index contributed by atoms with van der Waals surface area (Å²) in [5.41, 5.74) is 0. The molecule has 0 aromatic rings. The largest absolute Gasteiger partial charge is 0.512 e. The molecule has 0 N–H and O–H groups in total. The fourth-order valence-corrected chi connectivity index (χ4v) is 2.54. The average Bonchev–Trinajstić information content (AvgIpc) is 3.45. The number of ether oxygens (including phenoxy) is 22. The predicted octanol–water partition coefficient (Wildman–Crippen LogP) is 0.495. The maximum atomic E-state index is 11.4. The van der Waals surface area contributed by atoms with Crippen LogP contribution in [0.4, 0.5) is 47.9 Å². The molecule has 0 aliphatic carbocycles. The zero-order chi connectivity index (χ0) is 60.2. The highest BCUT2D eigenvalue weighted by molar-refractivity contribution is 5.62. The third-order valence-corrected chi connectivity index (χ3v) is 5.39. The fraction of sp³-hybridized carbons (Fsp3) is 0.688. The minimum Gasteiger partial charge on any atom is -0.407 e. The van der Waals surface area contributed by atoms with Crippen molar-refractivity contribution in [1.82, 2.24) is 0 Å². The van der Waals surface area contributed by atoms with Crippen LogP contribution in [0.1, 0.15) is 0 Å². The van der Waals surface area contributed by atoms with Gasteiger partial charge in [-0.1, -0.05) is 0 Å². The van der Waals surface area contributed by atoms with Gasteiger partial charge in [-0.25, -0.2) is 47.9 Å². The Hall–Kier alpha value is -8.10. The Kier molecular flexibility index (Phi) is 50.6. The molecule has 50 nitrogen and oxygen atoms in total. The lowest BCUT2D eigenvalue weighted by atomic mass is 11.2. The van der Waals surface area contributed by atoms with E-state index in [1.165, 1.54) is 14.2 Å². The highest BCUT2D eigenvalue weighted by atomic mass is 17.3. The van der Waals surface area contributed by atoms with Gasteiger partial charge in [-0.2, -0.15) is 88.0 Å². The second kappa shape index (κ2) is 56.2. The summed E-state index contributed by atoms with van der Waals surface area (Å²) in [5, 5.41) is 0. The summed E-state index contributed by atoms with van der Waals surface area (Å²) in [6.45, 7) is -15.9. The topological polar surface area (TPSA) is 540 Å². The molecule has 0 saturated heterocycles. The normalized spacial score (nSPS) is 10.3. The van der Waals surface area contributed by atoms with Gasteiger partial charge in [0.25, 0.3) is 0 Å². The minimum atomic E-state index is -1.39. The van der Waals surface area contributed by atoms with Crippen LogP contribution in [0.25, 0.3) is 0 Å². The van der Waals surface area contributed by atoms with Crippen LogP contribution in [0.5, 0.6) is 0 Å². The lowest BCUT2D eigenvalue weighted by Gasteiger charge is -2.09. The molecular formula is C32H46O50. The Morgan fingerprint density at radius 1 is 0.146 bits per heavy atom. The molecule has 50 heteroatoms. The second-order valence-electron chi connectivity index (χ2n) is 10.4. The summed E-state index contributed by atoms with van der Waals surface area (Å²) < 4.78 is 96.3. The van der Waals surface area contributed by atoms with Crippen molar-refractivity contribution in [3.8, 4) is 0 Å². The van der Waals surface area contributed by atoms with Crippen LogP contribution in [0.3, 0.4) is 0 Å². The summed E-state index contributed by atoms with van der Waals surface area (Å²) in [5.74, 6) is 0. The molecule has 0 radical (unpaired) electrons. The zero-order valence-electron chi connectivity index (χ0n) is 41.6. The van der Waals surface area contributed by atoms with Crippen LogP contribution in [0.15, 0.2) is 0 Å². The maximum Gasteiger partial charge on any atom is 0.512 e. The van der Waals surface area contributed by atoms with Crippen molar-refractivity contribution in [2.45, 2.75) is 0 Å². The average molecular weight is 1230 g/mol. The van der Waals surface area contributed by atoms with Gasteiger partial charge in [0, 0.05) is 14.2 Å². The SMILES string of the molecule is COCOC(=O)OCOOCOC(=O)OCOOCOC(=O)OCOOCOC(=O)OCOOCOC(=O)OCOOCOC(=O)OCOOCOC(=O)OCOOCOC(=O)OCOOCOC(=O)OCOOCOC(=O)OCOC. The Bertz CT molecular complexity index is 1580. The number of hydrogen-bond donors (Lipinski definition) is 0. The van der Waals surface area contributed by atoms with Crippen LogP contribution in [0, 0.1) is 0 Å². The Labute approximate surface area is 452 Å². The summed E-state index contributed by atoms with van der Waals surface area (Å²) in [6.07, 6.45) is -13.1. The van der Waals surface area contributed by atoms with Gasteiger partial charge >= 0.3 is 61.6 Å². The summed E-state index contributed by atoms with van der Waals surface area (Å²) in [6, 6.07) is 0. The van der Waals surface area contributed by atoms with Crippen molar-refractivity contribution in [3.05, 3.63) is 0 Å². The summed E-state index contributed by atoms with van der Waals surface area (Å²) in [4.78, 5) is 191. The van der Waals surface area contributed by atoms with Gasteiger partial charge in [0.05, 0.1) is 0 Å². The minimum absolute atomic E-state index is 0.352. The Morgan fingerprint density at radius 2 is 0.220 bits per heavy atom. The summed E-state index contributed by atoms with van der Waals surface area (Å²) >= 11 is 0. The molecule has 0 bridgehead atoms. The van der Waals surface area contributed by atoms with Gasteiger partial charge in [0.1, 0.15) is 0 Å². The molecule has 0 aliphatic rings. The van der Waals surface area contributed by atoms with E-state index in [1.54, 1.807) is 0 Å². The first-order valence-electron chi connectivity index (χ1n) is 20.0. The molecule has 0 saturated carbocycles. The van der Waals surface area contributed by atoms with Crippen LogP contribution in [0.2, 0.25) is 0 Å². The van der Waals surface area contributed by atoms with Crippen molar-refractivity contribution in [2.75, 3.05) is 150 Å². The molecule has 0 unspecified atom stereocenters. The molecule has 474 valence electrons. The van der Waals surface area contributed by atoms with Crippen molar-refractivity contribution in [1.29, 1.82) is 0 Å². The van der Waals surface area contributed by atoms with E-state index in [9.17, 15) is 47.9 Å². The third kappa shape index (κ3) is 55.2. The highest BCUT2D eigenvalue weighted by Gasteiger charge is 2.13. The number of methoxy groups -OCH3 is 2. The first-order chi connectivity index (χ1) is 39.9. The molecule has 0 spiro atoms. The maximum absolute atomic E-state index is 11.4. The van der Waals surface area contributed by atoms with E-state index in [2.05, 4.69) is 192 Å². The number of carbonyl (C=O) groups excluding carboxylic acids is 10. The van der Waals surface area contributed by atoms with Gasteiger partial charge in [0.15, 0.2) is 13.6 Å². The predicted molar refractivity (Wildman–Crippen MR) is 207 cm³/mol. The van der Waals surface area contributed by atoms with Crippen LogP contribution >= 0.6 is 0 Å². The first-order valence-corrected chi connectivity index (χ1v) is 20.0.